The molecule has 3 aromatic rings. The lowest BCUT2D eigenvalue weighted by molar-refractivity contribution is -0.143. The van der Waals surface area contributed by atoms with Crippen LogP contribution in [-0.4, -0.2) is 37.5 Å². The number of amides is 3. The smallest absolute Gasteiger partial charge is 0.416 e. The zero-order valence-corrected chi connectivity index (χ0v) is 20.8. The number of halogens is 4. The zero-order valence-electron chi connectivity index (χ0n) is 19.3. The van der Waals surface area contributed by atoms with Crippen molar-refractivity contribution in [1.29, 1.82) is 0 Å². The maximum absolute atomic E-state index is 13.1. The number of rotatable bonds is 5. The minimum absolute atomic E-state index is 0.110. The van der Waals surface area contributed by atoms with E-state index in [1.165, 1.54) is 48.5 Å². The molecule has 198 valence electrons. The number of benzene rings is 3. The number of alkyl halides is 3. The van der Waals surface area contributed by atoms with E-state index < -0.39 is 45.6 Å². The maximum Gasteiger partial charge on any atom is 0.416 e. The van der Waals surface area contributed by atoms with Crippen LogP contribution in [0.15, 0.2) is 72.8 Å². The van der Waals surface area contributed by atoms with Gasteiger partial charge in [0.25, 0.3) is 11.8 Å². The highest BCUT2D eigenvalue weighted by molar-refractivity contribution is 7.92. The van der Waals surface area contributed by atoms with Crippen molar-refractivity contribution in [3.63, 3.8) is 0 Å². The standard InChI is InChI=1S/C24H17ClF3N3O6S/c1-30-22(33)20(23(34)31(38(30,35)36)17-8-4-15(25)5-9-17)21(32)29-16-6-12-19(13-7-16)37-18-10-2-14(3-11-18)24(26,27)28/h2-13,20H,1H3,(H,29,32). The fraction of sp³-hybridized carbons (Fsp3) is 0.125. The van der Waals surface area contributed by atoms with Crippen LogP contribution in [0.2, 0.25) is 5.02 Å². The second kappa shape index (κ2) is 9.99. The van der Waals surface area contributed by atoms with Crippen LogP contribution >= 0.6 is 11.6 Å². The molecule has 1 heterocycles. The Kier molecular flexibility index (Phi) is 7.08. The van der Waals surface area contributed by atoms with Crippen LogP contribution in [-0.2, 0) is 30.8 Å². The monoisotopic (exact) mass is 567 g/mol. The normalized spacial score (nSPS) is 17.3. The van der Waals surface area contributed by atoms with Crippen LogP contribution in [0.4, 0.5) is 24.5 Å². The summed E-state index contributed by atoms with van der Waals surface area (Å²) >= 11 is 5.83. The summed E-state index contributed by atoms with van der Waals surface area (Å²) in [4.78, 5) is 38.7. The zero-order chi connectivity index (χ0) is 27.8. The van der Waals surface area contributed by atoms with Gasteiger partial charge in [0.05, 0.1) is 11.3 Å². The van der Waals surface area contributed by atoms with Gasteiger partial charge >= 0.3 is 16.4 Å². The Labute approximate surface area is 219 Å². The van der Waals surface area contributed by atoms with Crippen molar-refractivity contribution in [1.82, 2.24) is 4.31 Å². The third-order valence-electron chi connectivity index (χ3n) is 5.44. The maximum atomic E-state index is 13.1. The van der Waals surface area contributed by atoms with Crippen molar-refractivity contribution < 1.29 is 40.7 Å². The van der Waals surface area contributed by atoms with Crippen molar-refractivity contribution in [2.75, 3.05) is 16.7 Å². The second-order valence-electron chi connectivity index (χ2n) is 7.96. The number of ether oxygens (including phenoxy) is 1. The lowest BCUT2D eigenvalue weighted by atomic mass is 10.1. The molecule has 0 saturated carbocycles. The quantitative estimate of drug-likeness (QED) is 0.456. The third-order valence-corrected chi connectivity index (χ3v) is 7.42. The fourth-order valence-corrected chi connectivity index (χ4v) is 4.91. The molecule has 1 aliphatic heterocycles. The molecule has 3 aromatic carbocycles. The van der Waals surface area contributed by atoms with Gasteiger partial charge in [0.2, 0.25) is 5.91 Å². The van der Waals surface area contributed by atoms with Gasteiger partial charge in [-0.3, -0.25) is 14.4 Å². The van der Waals surface area contributed by atoms with E-state index in [4.69, 9.17) is 16.3 Å². The van der Waals surface area contributed by atoms with Crippen molar-refractivity contribution in [3.8, 4) is 11.5 Å². The van der Waals surface area contributed by atoms with Crippen molar-refractivity contribution in [2.24, 2.45) is 5.92 Å². The molecule has 1 aliphatic rings. The van der Waals surface area contributed by atoms with Crippen molar-refractivity contribution >= 4 is 50.9 Å². The van der Waals surface area contributed by atoms with Gasteiger partial charge in [0, 0.05) is 17.8 Å². The van der Waals surface area contributed by atoms with Gasteiger partial charge in [-0.1, -0.05) is 11.6 Å². The summed E-state index contributed by atoms with van der Waals surface area (Å²) in [6, 6.07) is 14.8. The van der Waals surface area contributed by atoms with Crippen molar-refractivity contribution in [3.05, 3.63) is 83.4 Å². The Morgan fingerprint density at radius 2 is 1.42 bits per heavy atom. The van der Waals surface area contributed by atoms with Gasteiger partial charge in [-0.2, -0.15) is 25.9 Å². The minimum atomic E-state index is -4.59. The van der Waals surface area contributed by atoms with E-state index in [0.717, 1.165) is 31.3 Å². The van der Waals surface area contributed by atoms with Crippen molar-refractivity contribution in [2.45, 2.75) is 6.18 Å². The van der Waals surface area contributed by atoms with E-state index in [0.29, 0.717) is 8.61 Å². The van der Waals surface area contributed by atoms with Crippen LogP contribution in [0.1, 0.15) is 5.56 Å². The Hall–Kier alpha value is -4.10. The molecule has 4 rings (SSSR count). The van der Waals surface area contributed by atoms with E-state index in [2.05, 4.69) is 5.32 Å². The molecule has 14 heteroatoms. The van der Waals surface area contributed by atoms with Gasteiger partial charge in [-0.15, -0.1) is 0 Å². The van der Waals surface area contributed by atoms with Crippen LogP contribution in [0.5, 0.6) is 11.5 Å². The Morgan fingerprint density at radius 3 is 1.95 bits per heavy atom. The Balaban J connectivity index is 1.50. The van der Waals surface area contributed by atoms with Crippen LogP contribution in [0.3, 0.4) is 0 Å². The number of carbonyl (C=O) groups is 3. The SMILES string of the molecule is CN1C(=O)C(C(=O)Nc2ccc(Oc3ccc(C(F)(F)F)cc3)cc2)C(=O)N(c2ccc(Cl)cc2)S1(=O)=O. The van der Waals surface area contributed by atoms with Crippen LogP contribution < -0.4 is 14.4 Å². The molecular formula is C24H17ClF3N3O6S. The summed E-state index contributed by atoms with van der Waals surface area (Å²) in [6.07, 6.45) is -4.48. The predicted molar refractivity (Wildman–Crippen MR) is 131 cm³/mol. The largest absolute Gasteiger partial charge is 0.457 e. The number of hydrogen-bond acceptors (Lipinski definition) is 6. The summed E-state index contributed by atoms with van der Waals surface area (Å²) in [7, 11) is -3.66. The van der Waals surface area contributed by atoms with Gasteiger partial charge in [0.15, 0.2) is 5.92 Å². The minimum Gasteiger partial charge on any atom is -0.457 e. The van der Waals surface area contributed by atoms with Crippen LogP contribution in [0.25, 0.3) is 0 Å². The molecule has 1 saturated heterocycles. The van der Waals surface area contributed by atoms with Gasteiger partial charge in [-0.05, 0) is 72.8 Å². The van der Waals surface area contributed by atoms with Crippen LogP contribution in [0, 0.1) is 5.92 Å². The summed E-state index contributed by atoms with van der Waals surface area (Å²) in [5.74, 6) is -5.21. The van der Waals surface area contributed by atoms with E-state index in [-0.39, 0.29) is 27.9 Å². The van der Waals surface area contributed by atoms with E-state index >= 15 is 0 Å². The number of nitrogens with zero attached hydrogens (tertiary/aromatic N) is 2. The molecule has 0 aliphatic carbocycles. The predicted octanol–water partition coefficient (Wildman–Crippen LogP) is 4.46. The van der Waals surface area contributed by atoms with E-state index in [1.807, 2.05) is 0 Å². The lowest BCUT2D eigenvalue weighted by Crippen LogP contribution is -2.61. The number of hydrogen-bond donors (Lipinski definition) is 1. The highest BCUT2D eigenvalue weighted by Crippen LogP contribution is 2.32. The van der Waals surface area contributed by atoms with E-state index in [9.17, 15) is 36.0 Å². The number of anilines is 2. The first-order chi connectivity index (χ1) is 17.8. The first-order valence-electron chi connectivity index (χ1n) is 10.7. The highest BCUT2D eigenvalue weighted by Gasteiger charge is 2.52. The number of nitrogens with one attached hydrogen (secondary N) is 1. The molecule has 0 radical (unpaired) electrons. The molecule has 0 bridgehead atoms. The molecule has 38 heavy (non-hydrogen) atoms. The molecule has 1 atom stereocenters. The summed E-state index contributed by atoms with van der Waals surface area (Å²) in [5.41, 5.74) is -0.798. The number of carbonyl (C=O) groups excluding carboxylic acids is 3. The topological polar surface area (TPSA) is 113 Å². The molecule has 1 N–H and O–H groups in total. The molecule has 3 amide bonds. The Bertz CT molecular complexity index is 1500. The van der Waals surface area contributed by atoms with E-state index in [1.54, 1.807) is 0 Å². The molecular weight excluding hydrogens is 551 g/mol. The summed E-state index contributed by atoms with van der Waals surface area (Å²) in [6.45, 7) is 0. The first-order valence-corrected chi connectivity index (χ1v) is 12.4. The van der Waals surface area contributed by atoms with Gasteiger partial charge in [-0.25, -0.2) is 4.31 Å². The third kappa shape index (κ3) is 5.29. The second-order valence-corrected chi connectivity index (χ2v) is 10.2. The molecule has 0 spiro atoms. The Morgan fingerprint density at radius 1 is 0.895 bits per heavy atom. The average molecular weight is 568 g/mol. The first kappa shape index (κ1) is 26.9. The molecule has 1 unspecified atom stereocenters. The molecule has 9 nitrogen and oxygen atoms in total. The molecule has 1 fully saturated rings. The van der Waals surface area contributed by atoms with Gasteiger partial charge in [0.1, 0.15) is 11.5 Å². The summed E-state index contributed by atoms with van der Waals surface area (Å²) < 4.78 is 69.8. The molecule has 0 aromatic heterocycles. The average Bonchev–Trinajstić information content (AvgIpc) is 2.85. The highest BCUT2D eigenvalue weighted by atomic mass is 35.5. The lowest BCUT2D eigenvalue weighted by Gasteiger charge is -2.35. The van der Waals surface area contributed by atoms with Gasteiger partial charge < -0.3 is 10.1 Å². The fourth-order valence-electron chi connectivity index (χ4n) is 3.48. The summed E-state index contributed by atoms with van der Waals surface area (Å²) in [5, 5.41) is 2.66.